The smallest absolute Gasteiger partial charge is 0.137 e. The van der Waals surface area contributed by atoms with Gasteiger partial charge < -0.3 is 14.6 Å². The van der Waals surface area contributed by atoms with E-state index in [0.717, 1.165) is 25.4 Å². The molecular formula is C13H16N4O. The van der Waals surface area contributed by atoms with Crippen molar-refractivity contribution < 1.29 is 4.74 Å². The van der Waals surface area contributed by atoms with E-state index in [0.29, 0.717) is 12.5 Å². The van der Waals surface area contributed by atoms with Gasteiger partial charge in [-0.25, -0.2) is 4.98 Å². The van der Waals surface area contributed by atoms with Crippen LogP contribution in [0.1, 0.15) is 5.69 Å². The molecule has 0 bridgehead atoms. The van der Waals surface area contributed by atoms with Gasteiger partial charge in [-0.2, -0.15) is 0 Å². The van der Waals surface area contributed by atoms with Gasteiger partial charge in [0, 0.05) is 37.9 Å². The Morgan fingerprint density at radius 1 is 1.39 bits per heavy atom. The summed E-state index contributed by atoms with van der Waals surface area (Å²) in [6.07, 6.45) is 7.29. The van der Waals surface area contributed by atoms with E-state index in [9.17, 15) is 0 Å². The third kappa shape index (κ3) is 2.51. The first kappa shape index (κ1) is 11.2. The molecule has 0 radical (unpaired) electrons. The third-order valence-corrected chi connectivity index (χ3v) is 3.11. The van der Waals surface area contributed by atoms with Crippen LogP contribution in [0.15, 0.2) is 37.1 Å². The quantitative estimate of drug-likeness (QED) is 0.877. The molecule has 2 aromatic rings. The second-order valence-corrected chi connectivity index (χ2v) is 4.53. The third-order valence-electron chi connectivity index (χ3n) is 3.11. The van der Waals surface area contributed by atoms with Crippen molar-refractivity contribution >= 4 is 0 Å². The summed E-state index contributed by atoms with van der Waals surface area (Å²) in [7, 11) is 0. The SMILES string of the molecule is c1cncc(OC[C@@H]2CNCc3cncn3C2)c1. The minimum Gasteiger partial charge on any atom is -0.492 e. The number of nitrogens with one attached hydrogen (secondary N) is 1. The zero-order chi connectivity index (χ0) is 12.2. The summed E-state index contributed by atoms with van der Waals surface area (Å²) < 4.78 is 7.95. The molecule has 0 saturated heterocycles. The Bertz CT molecular complexity index is 497. The molecule has 1 aliphatic heterocycles. The van der Waals surface area contributed by atoms with Crippen molar-refractivity contribution in [2.24, 2.45) is 5.92 Å². The molecule has 0 fully saturated rings. The highest BCUT2D eigenvalue weighted by atomic mass is 16.5. The second kappa shape index (κ2) is 5.18. The number of aromatic nitrogens is 3. The van der Waals surface area contributed by atoms with Gasteiger partial charge in [-0.15, -0.1) is 0 Å². The maximum Gasteiger partial charge on any atom is 0.137 e. The van der Waals surface area contributed by atoms with Gasteiger partial charge in [-0.3, -0.25) is 4.98 Å². The minimum atomic E-state index is 0.445. The Morgan fingerprint density at radius 3 is 3.28 bits per heavy atom. The monoisotopic (exact) mass is 244 g/mol. The van der Waals surface area contributed by atoms with Gasteiger partial charge >= 0.3 is 0 Å². The zero-order valence-electron chi connectivity index (χ0n) is 10.1. The van der Waals surface area contributed by atoms with Crippen LogP contribution in [0.4, 0.5) is 0 Å². The van der Waals surface area contributed by atoms with Crippen molar-refractivity contribution in [2.45, 2.75) is 13.1 Å². The highest BCUT2D eigenvalue weighted by Crippen LogP contribution is 2.13. The molecule has 1 atom stereocenters. The summed E-state index contributed by atoms with van der Waals surface area (Å²) in [6, 6.07) is 3.81. The maximum absolute atomic E-state index is 5.76. The second-order valence-electron chi connectivity index (χ2n) is 4.53. The summed E-state index contributed by atoms with van der Waals surface area (Å²) in [5.41, 5.74) is 1.24. The van der Waals surface area contributed by atoms with E-state index in [2.05, 4.69) is 19.9 Å². The van der Waals surface area contributed by atoms with Gasteiger partial charge in [0.1, 0.15) is 5.75 Å². The number of nitrogens with zero attached hydrogens (tertiary/aromatic N) is 3. The fraction of sp³-hybridized carbons (Fsp3) is 0.385. The van der Waals surface area contributed by atoms with Crippen molar-refractivity contribution in [3.05, 3.63) is 42.7 Å². The predicted molar refractivity (Wildman–Crippen MR) is 67.2 cm³/mol. The zero-order valence-corrected chi connectivity index (χ0v) is 10.1. The highest BCUT2D eigenvalue weighted by Gasteiger charge is 2.16. The number of pyridine rings is 1. The average molecular weight is 244 g/mol. The van der Waals surface area contributed by atoms with Crippen LogP contribution < -0.4 is 10.1 Å². The molecule has 18 heavy (non-hydrogen) atoms. The van der Waals surface area contributed by atoms with Crippen LogP contribution in [-0.2, 0) is 13.1 Å². The van der Waals surface area contributed by atoms with Crippen molar-refractivity contribution in [3.63, 3.8) is 0 Å². The number of hydrogen-bond acceptors (Lipinski definition) is 4. The van der Waals surface area contributed by atoms with Gasteiger partial charge in [0.25, 0.3) is 0 Å². The molecule has 3 heterocycles. The Morgan fingerprint density at radius 2 is 2.39 bits per heavy atom. The maximum atomic E-state index is 5.76. The molecule has 0 amide bonds. The van der Waals surface area contributed by atoms with E-state index in [4.69, 9.17) is 4.74 Å². The lowest BCUT2D eigenvalue weighted by Gasteiger charge is -2.16. The average Bonchev–Trinajstić information content (AvgIpc) is 2.76. The molecule has 0 saturated carbocycles. The fourth-order valence-corrected chi connectivity index (χ4v) is 2.17. The van der Waals surface area contributed by atoms with Crippen molar-refractivity contribution in [3.8, 4) is 5.75 Å². The Kier molecular flexibility index (Phi) is 3.23. The van der Waals surface area contributed by atoms with Gasteiger partial charge in [0.15, 0.2) is 0 Å². The van der Waals surface area contributed by atoms with Crippen molar-refractivity contribution in [1.29, 1.82) is 0 Å². The summed E-state index contributed by atoms with van der Waals surface area (Å²) in [5.74, 6) is 1.27. The molecule has 0 unspecified atom stereocenters. The Labute approximate surface area is 106 Å². The summed E-state index contributed by atoms with van der Waals surface area (Å²) >= 11 is 0. The first-order chi connectivity index (χ1) is 8.92. The van der Waals surface area contributed by atoms with Crippen molar-refractivity contribution in [1.82, 2.24) is 19.9 Å². The molecule has 5 heteroatoms. The molecule has 0 aliphatic carbocycles. The topological polar surface area (TPSA) is 52.0 Å². The lowest BCUT2D eigenvalue weighted by Crippen LogP contribution is -2.26. The number of rotatable bonds is 3. The molecular weight excluding hydrogens is 228 g/mol. The highest BCUT2D eigenvalue weighted by molar-refractivity contribution is 5.15. The number of fused-ring (bicyclic) bond motifs is 1. The van der Waals surface area contributed by atoms with Gasteiger partial charge in [-0.05, 0) is 12.1 Å². The van der Waals surface area contributed by atoms with E-state index in [-0.39, 0.29) is 0 Å². The predicted octanol–water partition coefficient (Wildman–Crippen LogP) is 1.08. The Balaban J connectivity index is 1.61. The van der Waals surface area contributed by atoms with E-state index >= 15 is 0 Å². The molecule has 1 aliphatic rings. The molecule has 3 rings (SSSR count). The van der Waals surface area contributed by atoms with Crippen molar-refractivity contribution in [2.75, 3.05) is 13.2 Å². The normalized spacial score (nSPS) is 19.0. The standard InChI is InChI=1S/C13H16N4O/c1-2-13(7-14-3-1)18-9-11-4-15-5-12-6-16-10-17(12)8-11/h1-3,6-7,10-11,15H,4-5,8-9H2/t11-/m1/s1. The van der Waals surface area contributed by atoms with Crippen LogP contribution in [-0.4, -0.2) is 27.7 Å². The lowest BCUT2D eigenvalue weighted by atomic mass is 10.1. The molecule has 0 spiro atoms. The first-order valence-corrected chi connectivity index (χ1v) is 6.14. The molecule has 2 aromatic heterocycles. The lowest BCUT2D eigenvalue weighted by molar-refractivity contribution is 0.232. The fourth-order valence-electron chi connectivity index (χ4n) is 2.17. The van der Waals surface area contributed by atoms with E-state index in [1.54, 1.807) is 12.4 Å². The molecule has 94 valence electrons. The number of hydrogen-bond donors (Lipinski definition) is 1. The summed E-state index contributed by atoms with van der Waals surface area (Å²) in [6.45, 7) is 3.48. The van der Waals surface area contributed by atoms with Crippen LogP contribution >= 0.6 is 0 Å². The first-order valence-electron chi connectivity index (χ1n) is 6.14. The van der Waals surface area contributed by atoms with E-state index in [1.165, 1.54) is 5.69 Å². The largest absolute Gasteiger partial charge is 0.492 e. The van der Waals surface area contributed by atoms with E-state index < -0.39 is 0 Å². The van der Waals surface area contributed by atoms with E-state index in [1.807, 2.05) is 24.7 Å². The summed E-state index contributed by atoms with van der Waals surface area (Å²) in [4.78, 5) is 8.21. The number of ether oxygens (including phenoxy) is 1. The number of imidazole rings is 1. The Hall–Kier alpha value is -1.88. The van der Waals surface area contributed by atoms with Crippen LogP contribution in [0.5, 0.6) is 5.75 Å². The van der Waals surface area contributed by atoms with Crippen LogP contribution in [0.2, 0.25) is 0 Å². The molecule has 1 N–H and O–H groups in total. The van der Waals surface area contributed by atoms with Gasteiger partial charge in [0.2, 0.25) is 0 Å². The van der Waals surface area contributed by atoms with Crippen LogP contribution in [0, 0.1) is 5.92 Å². The van der Waals surface area contributed by atoms with Crippen LogP contribution in [0.25, 0.3) is 0 Å². The van der Waals surface area contributed by atoms with Gasteiger partial charge in [-0.1, -0.05) is 0 Å². The minimum absolute atomic E-state index is 0.445. The molecule has 0 aromatic carbocycles. The molecule has 5 nitrogen and oxygen atoms in total. The van der Waals surface area contributed by atoms with Crippen LogP contribution in [0.3, 0.4) is 0 Å². The van der Waals surface area contributed by atoms with Gasteiger partial charge in [0.05, 0.1) is 24.8 Å². The summed E-state index contributed by atoms with van der Waals surface area (Å²) in [5, 5.41) is 3.42.